The van der Waals surface area contributed by atoms with Gasteiger partial charge < -0.3 is 4.74 Å². The summed E-state index contributed by atoms with van der Waals surface area (Å²) in [6, 6.07) is 7.14. The highest BCUT2D eigenvalue weighted by molar-refractivity contribution is 6.14. The first-order chi connectivity index (χ1) is 10.6. The van der Waals surface area contributed by atoms with Gasteiger partial charge in [-0.3, -0.25) is 14.5 Å². The maximum atomic E-state index is 12.5. The van der Waals surface area contributed by atoms with Crippen LogP contribution < -0.4 is 4.74 Å². The highest BCUT2D eigenvalue weighted by atomic mass is 16.5. The van der Waals surface area contributed by atoms with Crippen molar-refractivity contribution in [3.8, 4) is 5.75 Å². The Morgan fingerprint density at radius 2 is 2.09 bits per heavy atom. The number of nitrogens with zero attached hydrogens (tertiary/aromatic N) is 2. The van der Waals surface area contributed by atoms with Gasteiger partial charge in [-0.25, -0.2) is 4.99 Å². The summed E-state index contributed by atoms with van der Waals surface area (Å²) in [5, 5.41) is 0. The Labute approximate surface area is 129 Å². The largest absolute Gasteiger partial charge is 0.426 e. The molecule has 0 radical (unpaired) electrons. The maximum absolute atomic E-state index is 12.5. The summed E-state index contributed by atoms with van der Waals surface area (Å²) in [6.45, 7) is 2.09. The first-order valence-corrected chi connectivity index (χ1v) is 7.54. The average Bonchev–Trinajstić information content (AvgIpc) is 2.66. The van der Waals surface area contributed by atoms with Gasteiger partial charge in [0.1, 0.15) is 17.3 Å². The molecule has 0 aliphatic carbocycles. The van der Waals surface area contributed by atoms with Crippen LogP contribution in [0.1, 0.15) is 38.2 Å². The minimum atomic E-state index is -0.385. The number of aliphatic imine (C=N–C) groups is 1. The van der Waals surface area contributed by atoms with Gasteiger partial charge in [-0.2, -0.15) is 0 Å². The zero-order valence-electron chi connectivity index (χ0n) is 12.5. The lowest BCUT2D eigenvalue weighted by molar-refractivity contribution is -0.131. The second-order valence-electron chi connectivity index (χ2n) is 5.46. The summed E-state index contributed by atoms with van der Waals surface area (Å²) in [4.78, 5) is 29.9. The lowest BCUT2D eigenvalue weighted by Crippen LogP contribution is -2.31. The lowest BCUT2D eigenvalue weighted by Gasteiger charge is -2.14. The molecule has 0 saturated carbocycles. The summed E-state index contributed by atoms with van der Waals surface area (Å²) < 4.78 is 5.17. The second-order valence-corrected chi connectivity index (χ2v) is 5.46. The smallest absolute Gasteiger partial charge is 0.308 e. The molecular weight excluding hydrogens is 280 g/mol. The minimum Gasteiger partial charge on any atom is -0.426 e. The molecule has 0 spiro atoms. The van der Waals surface area contributed by atoms with Crippen LogP contribution in [-0.4, -0.2) is 29.2 Å². The third-order valence-corrected chi connectivity index (χ3v) is 3.77. The van der Waals surface area contributed by atoms with Crippen LogP contribution >= 0.6 is 0 Å². The van der Waals surface area contributed by atoms with Crippen molar-refractivity contribution >= 4 is 23.8 Å². The molecule has 1 amide bonds. The number of carbonyl (C=O) groups excluding carboxylic acids is 2. The van der Waals surface area contributed by atoms with Crippen molar-refractivity contribution in [2.24, 2.45) is 4.99 Å². The number of ether oxygens (including phenoxy) is 1. The molecule has 3 rings (SSSR count). The third-order valence-electron chi connectivity index (χ3n) is 3.77. The Morgan fingerprint density at radius 1 is 1.27 bits per heavy atom. The van der Waals surface area contributed by atoms with Crippen molar-refractivity contribution in [1.29, 1.82) is 0 Å². The summed E-state index contributed by atoms with van der Waals surface area (Å²) >= 11 is 0. The van der Waals surface area contributed by atoms with Crippen LogP contribution in [0.4, 0.5) is 0 Å². The number of para-hydroxylation sites is 1. The van der Waals surface area contributed by atoms with Crippen molar-refractivity contribution in [2.45, 2.75) is 32.6 Å². The molecule has 1 aromatic carbocycles. The van der Waals surface area contributed by atoms with E-state index in [9.17, 15) is 9.59 Å². The summed E-state index contributed by atoms with van der Waals surface area (Å²) in [5.74, 6) is 0.856. The van der Waals surface area contributed by atoms with Gasteiger partial charge in [-0.15, -0.1) is 0 Å². The van der Waals surface area contributed by atoms with E-state index in [1.165, 1.54) is 6.92 Å². The van der Waals surface area contributed by atoms with E-state index in [1.807, 2.05) is 12.1 Å². The molecule has 0 N–H and O–H groups in total. The number of benzene rings is 1. The molecule has 2 heterocycles. The maximum Gasteiger partial charge on any atom is 0.308 e. The zero-order chi connectivity index (χ0) is 15.5. The van der Waals surface area contributed by atoms with E-state index in [1.54, 1.807) is 23.1 Å². The standard InChI is InChI=1S/C17H18N2O3/c1-12(20)22-15-8-5-4-7-13(15)11-14-17(21)19-10-6-2-3-9-16(19)18-14/h4-5,7-8,11H,2-3,6,9-10H2,1H3. The number of hydrogen-bond acceptors (Lipinski definition) is 4. The quantitative estimate of drug-likeness (QED) is 0.479. The monoisotopic (exact) mass is 298 g/mol. The normalized spacial score (nSPS) is 19.7. The van der Waals surface area contributed by atoms with Crippen molar-refractivity contribution in [3.63, 3.8) is 0 Å². The molecule has 0 bridgehead atoms. The molecule has 2 aliphatic heterocycles. The van der Waals surface area contributed by atoms with E-state index in [0.717, 1.165) is 38.1 Å². The van der Waals surface area contributed by atoms with E-state index in [4.69, 9.17) is 4.74 Å². The Hall–Kier alpha value is -2.43. The molecule has 1 aromatic rings. The summed E-state index contributed by atoms with van der Waals surface area (Å²) in [6.07, 6.45) is 5.76. The van der Waals surface area contributed by atoms with E-state index in [0.29, 0.717) is 17.0 Å². The number of rotatable bonds is 2. The number of fused-ring (bicyclic) bond motifs is 1. The third kappa shape index (κ3) is 2.93. The Morgan fingerprint density at radius 3 is 2.91 bits per heavy atom. The molecule has 2 aliphatic rings. The fourth-order valence-corrected chi connectivity index (χ4v) is 2.74. The molecule has 1 fully saturated rings. The topological polar surface area (TPSA) is 59.0 Å². The molecule has 0 aromatic heterocycles. The van der Waals surface area contributed by atoms with Crippen LogP contribution in [0.15, 0.2) is 35.0 Å². The van der Waals surface area contributed by atoms with Crippen molar-refractivity contribution in [1.82, 2.24) is 4.90 Å². The molecule has 22 heavy (non-hydrogen) atoms. The Bertz CT molecular complexity index is 676. The van der Waals surface area contributed by atoms with Crippen LogP contribution in [0.25, 0.3) is 6.08 Å². The van der Waals surface area contributed by atoms with Gasteiger partial charge in [0.15, 0.2) is 0 Å². The molecule has 1 saturated heterocycles. The number of esters is 1. The average molecular weight is 298 g/mol. The molecule has 5 nitrogen and oxygen atoms in total. The number of amidine groups is 1. The van der Waals surface area contributed by atoms with Gasteiger partial charge in [0.25, 0.3) is 5.91 Å². The van der Waals surface area contributed by atoms with Crippen molar-refractivity contribution < 1.29 is 14.3 Å². The molecule has 0 atom stereocenters. The second kappa shape index (κ2) is 6.13. The lowest BCUT2D eigenvalue weighted by atomic mass is 10.1. The first kappa shape index (κ1) is 14.5. The highest BCUT2D eigenvalue weighted by Crippen LogP contribution is 2.27. The fourth-order valence-electron chi connectivity index (χ4n) is 2.74. The van der Waals surface area contributed by atoms with E-state index in [-0.39, 0.29) is 11.9 Å². The molecule has 5 heteroatoms. The summed E-state index contributed by atoms with van der Waals surface area (Å²) in [5.41, 5.74) is 1.10. The van der Waals surface area contributed by atoms with Gasteiger partial charge in [-0.05, 0) is 25.0 Å². The summed E-state index contributed by atoms with van der Waals surface area (Å²) in [7, 11) is 0. The van der Waals surface area contributed by atoms with Gasteiger partial charge in [0.2, 0.25) is 0 Å². The molecule has 0 unspecified atom stereocenters. The van der Waals surface area contributed by atoms with E-state index >= 15 is 0 Å². The number of carbonyl (C=O) groups is 2. The number of hydrogen-bond donors (Lipinski definition) is 0. The zero-order valence-corrected chi connectivity index (χ0v) is 12.5. The van der Waals surface area contributed by atoms with Crippen LogP contribution in [0.5, 0.6) is 5.75 Å². The predicted octanol–water partition coefficient (Wildman–Crippen LogP) is 2.77. The van der Waals surface area contributed by atoms with Gasteiger partial charge in [0.05, 0.1) is 0 Å². The van der Waals surface area contributed by atoms with E-state index < -0.39 is 0 Å². The van der Waals surface area contributed by atoms with Gasteiger partial charge in [-0.1, -0.05) is 24.6 Å². The molecular formula is C17H18N2O3. The van der Waals surface area contributed by atoms with Crippen molar-refractivity contribution in [2.75, 3.05) is 6.54 Å². The van der Waals surface area contributed by atoms with Gasteiger partial charge in [0, 0.05) is 25.5 Å². The Balaban J connectivity index is 1.93. The molecule has 114 valence electrons. The van der Waals surface area contributed by atoms with Crippen LogP contribution in [0, 0.1) is 0 Å². The SMILES string of the molecule is CC(=O)Oc1ccccc1C=C1N=C2CCCCCN2C1=O. The predicted molar refractivity (Wildman–Crippen MR) is 83.3 cm³/mol. The highest BCUT2D eigenvalue weighted by Gasteiger charge is 2.30. The van der Waals surface area contributed by atoms with Crippen molar-refractivity contribution in [3.05, 3.63) is 35.5 Å². The Kier molecular flexibility index (Phi) is 4.04. The van der Waals surface area contributed by atoms with Gasteiger partial charge >= 0.3 is 5.97 Å². The fraction of sp³-hybridized carbons (Fsp3) is 0.353. The van der Waals surface area contributed by atoms with Crippen LogP contribution in [-0.2, 0) is 9.59 Å². The minimum absolute atomic E-state index is 0.0606. The first-order valence-electron chi connectivity index (χ1n) is 7.54. The van der Waals surface area contributed by atoms with Crippen LogP contribution in [0.2, 0.25) is 0 Å². The number of amides is 1. The van der Waals surface area contributed by atoms with Crippen LogP contribution in [0.3, 0.4) is 0 Å². The van der Waals surface area contributed by atoms with E-state index in [2.05, 4.69) is 4.99 Å².